The Morgan fingerprint density at radius 3 is 2.06 bits per heavy atom. The van der Waals surface area contributed by atoms with E-state index in [2.05, 4.69) is 168 Å². The molecule has 0 spiro atoms. The van der Waals surface area contributed by atoms with Crippen LogP contribution in [0.4, 0.5) is 0 Å². The molecule has 8 aromatic carbocycles. The molecule has 0 fully saturated rings. The van der Waals surface area contributed by atoms with Crippen molar-refractivity contribution in [1.82, 2.24) is 14.5 Å². The second kappa shape index (κ2) is 10.8. The fourth-order valence-corrected chi connectivity index (χ4v) is 9.57. The quantitative estimate of drug-likeness (QED) is 0.185. The lowest BCUT2D eigenvalue weighted by molar-refractivity contribution is 0.669. The van der Waals surface area contributed by atoms with E-state index in [1.807, 2.05) is 11.3 Å². The maximum atomic E-state index is 6.52. The summed E-state index contributed by atoms with van der Waals surface area (Å²) < 4.78 is 11.3. The number of nitrogens with zero attached hydrogens (tertiary/aromatic N) is 3. The van der Waals surface area contributed by atoms with Gasteiger partial charge in [-0.15, -0.1) is 11.3 Å². The molecule has 0 aliphatic heterocycles. The summed E-state index contributed by atoms with van der Waals surface area (Å²) in [5.41, 5.74) is 9.14. The van der Waals surface area contributed by atoms with Crippen LogP contribution < -0.4 is 0 Å². The molecule has 0 amide bonds. The smallest absolute Gasteiger partial charge is 0.235 e. The van der Waals surface area contributed by atoms with Gasteiger partial charge in [0.25, 0.3) is 0 Å². The van der Waals surface area contributed by atoms with Crippen molar-refractivity contribution >= 4 is 96.9 Å². The number of hydrogen-bond donors (Lipinski definition) is 0. The molecule has 12 rings (SSSR count). The highest BCUT2D eigenvalue weighted by Gasteiger charge is 2.21. The van der Waals surface area contributed by atoms with Crippen molar-refractivity contribution < 1.29 is 4.42 Å². The summed E-state index contributed by atoms with van der Waals surface area (Å²) in [5.74, 6) is 0.649. The van der Waals surface area contributed by atoms with Crippen LogP contribution in [-0.2, 0) is 0 Å². The van der Waals surface area contributed by atoms with E-state index < -0.39 is 0 Å². The third-order valence-corrected chi connectivity index (χ3v) is 12.0. The third kappa shape index (κ3) is 4.23. The zero-order valence-electron chi connectivity index (χ0n) is 28.2. The van der Waals surface area contributed by atoms with E-state index in [-0.39, 0.29) is 0 Å². The first-order valence-electron chi connectivity index (χ1n) is 17.8. The predicted octanol–water partition coefficient (Wildman–Crippen LogP) is 13.5. The van der Waals surface area contributed by atoms with Crippen LogP contribution >= 0.6 is 11.3 Å². The van der Waals surface area contributed by atoms with E-state index in [0.717, 1.165) is 55.1 Å². The van der Waals surface area contributed by atoms with Crippen LogP contribution in [0.2, 0.25) is 0 Å². The maximum absolute atomic E-state index is 6.52. The van der Waals surface area contributed by atoms with Gasteiger partial charge >= 0.3 is 0 Å². The van der Waals surface area contributed by atoms with Crippen molar-refractivity contribution in [2.75, 3.05) is 0 Å². The van der Waals surface area contributed by atoms with Gasteiger partial charge in [-0.25, -0.2) is 9.97 Å². The highest BCUT2D eigenvalue weighted by Crippen LogP contribution is 2.44. The maximum Gasteiger partial charge on any atom is 0.235 e. The summed E-state index contributed by atoms with van der Waals surface area (Å²) in [4.78, 5) is 10.7. The molecule has 246 valence electrons. The molecule has 0 N–H and O–H groups in total. The van der Waals surface area contributed by atoms with Crippen LogP contribution in [0.3, 0.4) is 0 Å². The van der Waals surface area contributed by atoms with E-state index in [4.69, 9.17) is 14.4 Å². The van der Waals surface area contributed by atoms with Gasteiger partial charge in [-0.2, -0.15) is 0 Å². The van der Waals surface area contributed by atoms with Crippen LogP contribution in [-0.4, -0.2) is 14.5 Å². The molecule has 0 radical (unpaired) electrons. The van der Waals surface area contributed by atoms with E-state index in [1.54, 1.807) is 0 Å². The molecule has 53 heavy (non-hydrogen) atoms. The van der Waals surface area contributed by atoms with Gasteiger partial charge in [0.1, 0.15) is 11.2 Å². The molecule has 0 aliphatic rings. The second-order valence-electron chi connectivity index (χ2n) is 13.8. The van der Waals surface area contributed by atoms with Crippen molar-refractivity contribution in [3.05, 3.63) is 164 Å². The third-order valence-electron chi connectivity index (χ3n) is 10.8. The van der Waals surface area contributed by atoms with Crippen molar-refractivity contribution in [3.63, 3.8) is 0 Å². The number of fused-ring (bicyclic) bond motifs is 12. The number of furan rings is 1. The van der Waals surface area contributed by atoms with Crippen LogP contribution in [0.25, 0.3) is 114 Å². The molecule has 12 aromatic rings. The fourth-order valence-electron chi connectivity index (χ4n) is 8.29. The van der Waals surface area contributed by atoms with Gasteiger partial charge in [-0.05, 0) is 64.4 Å². The molecule has 0 bridgehead atoms. The minimum atomic E-state index is 0.649. The molecule has 0 saturated heterocycles. The van der Waals surface area contributed by atoms with Gasteiger partial charge in [0.2, 0.25) is 5.95 Å². The van der Waals surface area contributed by atoms with Gasteiger partial charge in [-0.3, -0.25) is 4.57 Å². The summed E-state index contributed by atoms with van der Waals surface area (Å²) in [6.45, 7) is 0. The van der Waals surface area contributed by atoms with Crippen LogP contribution in [0.1, 0.15) is 0 Å². The van der Waals surface area contributed by atoms with Gasteiger partial charge in [0.15, 0.2) is 0 Å². The number of hydrogen-bond acceptors (Lipinski definition) is 4. The van der Waals surface area contributed by atoms with Gasteiger partial charge in [0, 0.05) is 48.0 Å². The largest absolute Gasteiger partial charge is 0.456 e. The number of thiophene rings is 1. The molecule has 5 heteroatoms. The Balaban J connectivity index is 1.12. The molecular weight excluding hydrogens is 667 g/mol. The SMILES string of the molecule is c1ccc(-c2ccc3c(c2)sc2c3ccc3c4ccccc4n(-c4nc(-c5ccc6c(c5)oc5cc7ccccc7cc56)c5ccccc5n4)c32)cc1. The first-order chi connectivity index (χ1) is 26.2. The lowest BCUT2D eigenvalue weighted by Gasteiger charge is -2.12. The van der Waals surface area contributed by atoms with E-state index in [1.165, 1.54) is 52.8 Å². The Bertz CT molecular complexity index is 3460. The molecule has 0 aliphatic carbocycles. The highest BCUT2D eigenvalue weighted by molar-refractivity contribution is 7.26. The Morgan fingerprint density at radius 1 is 0.453 bits per heavy atom. The summed E-state index contributed by atoms with van der Waals surface area (Å²) in [5, 5.41) is 10.5. The molecule has 4 heterocycles. The zero-order valence-corrected chi connectivity index (χ0v) is 29.1. The van der Waals surface area contributed by atoms with E-state index in [9.17, 15) is 0 Å². The van der Waals surface area contributed by atoms with Crippen molar-refractivity contribution in [1.29, 1.82) is 0 Å². The van der Waals surface area contributed by atoms with Crippen molar-refractivity contribution in [3.8, 4) is 28.3 Å². The van der Waals surface area contributed by atoms with Crippen LogP contribution in [0.15, 0.2) is 168 Å². The monoisotopic (exact) mass is 693 g/mol. The Morgan fingerprint density at radius 2 is 1.15 bits per heavy atom. The molecule has 0 saturated carbocycles. The molecular formula is C48H27N3OS. The number of para-hydroxylation sites is 2. The second-order valence-corrected chi connectivity index (χ2v) is 14.8. The van der Waals surface area contributed by atoms with Crippen LogP contribution in [0, 0.1) is 0 Å². The average molecular weight is 694 g/mol. The number of rotatable bonds is 3. The molecule has 0 atom stereocenters. The Kier molecular flexibility index (Phi) is 5.90. The molecule has 4 nitrogen and oxygen atoms in total. The first-order valence-corrected chi connectivity index (χ1v) is 18.6. The van der Waals surface area contributed by atoms with Gasteiger partial charge in [-0.1, -0.05) is 121 Å². The Hall–Kier alpha value is -6.82. The fraction of sp³-hybridized carbons (Fsp3) is 0. The van der Waals surface area contributed by atoms with Gasteiger partial charge in [0.05, 0.1) is 26.9 Å². The minimum Gasteiger partial charge on any atom is -0.456 e. The summed E-state index contributed by atoms with van der Waals surface area (Å²) in [6.07, 6.45) is 0. The van der Waals surface area contributed by atoms with E-state index in [0.29, 0.717) is 5.95 Å². The highest BCUT2D eigenvalue weighted by atomic mass is 32.1. The lowest BCUT2D eigenvalue weighted by Crippen LogP contribution is -2.03. The standard InChI is InChI=1S/C48H27N3OS/c1-2-10-28(11-3-1)31-18-21-35-37-23-22-36-33-14-7-9-17-41(33)51(46(36)47(37)53-44(35)27-31)48-49-40-16-8-6-15-38(40)45(50-48)32-19-20-34-39-24-29-12-4-5-13-30(29)25-43(39)52-42(34)26-32/h1-27H. The lowest BCUT2D eigenvalue weighted by atomic mass is 10.0. The molecule has 4 aromatic heterocycles. The summed E-state index contributed by atoms with van der Waals surface area (Å²) in [6, 6.07) is 58.2. The zero-order chi connectivity index (χ0) is 34.6. The first kappa shape index (κ1) is 28.8. The Labute approximate surface area is 306 Å². The average Bonchev–Trinajstić information content (AvgIpc) is 3.88. The van der Waals surface area contributed by atoms with E-state index >= 15 is 0 Å². The topological polar surface area (TPSA) is 43.9 Å². The summed E-state index contributed by atoms with van der Waals surface area (Å²) >= 11 is 1.84. The summed E-state index contributed by atoms with van der Waals surface area (Å²) in [7, 11) is 0. The number of aromatic nitrogens is 3. The van der Waals surface area contributed by atoms with Crippen LogP contribution in [0.5, 0.6) is 0 Å². The molecule has 0 unspecified atom stereocenters. The minimum absolute atomic E-state index is 0.649. The predicted molar refractivity (Wildman–Crippen MR) is 222 cm³/mol. The van der Waals surface area contributed by atoms with Gasteiger partial charge < -0.3 is 4.42 Å². The normalized spacial score (nSPS) is 12.2. The number of benzene rings is 8. The van der Waals surface area contributed by atoms with Crippen molar-refractivity contribution in [2.24, 2.45) is 0 Å². The van der Waals surface area contributed by atoms with Crippen molar-refractivity contribution in [2.45, 2.75) is 0 Å².